The van der Waals surface area contributed by atoms with E-state index >= 15 is 0 Å². The van der Waals surface area contributed by atoms with Crippen LogP contribution in [0.3, 0.4) is 0 Å². The molecule has 0 saturated heterocycles. The molecular weight excluding hydrogens is 701 g/mol. The second-order valence-electron chi connectivity index (χ2n) is 15.3. The van der Waals surface area contributed by atoms with E-state index < -0.39 is 32.5 Å². The van der Waals surface area contributed by atoms with Gasteiger partial charge >= 0.3 is 11.9 Å². The minimum Gasteiger partial charge on any atom is -0.756 e. The lowest BCUT2D eigenvalue weighted by Gasteiger charge is -2.28. The second-order valence-corrected chi connectivity index (χ2v) is 16.8. The van der Waals surface area contributed by atoms with Crippen LogP contribution in [-0.2, 0) is 32.7 Å². The Morgan fingerprint density at radius 2 is 1.00 bits per heavy atom. The van der Waals surface area contributed by atoms with E-state index in [2.05, 4.69) is 38.2 Å². The molecule has 0 aromatic carbocycles. The molecule has 0 aromatic rings. The highest BCUT2D eigenvalue weighted by molar-refractivity contribution is 7.45. The number of allylic oxidation sites excluding steroid dienone is 8. The van der Waals surface area contributed by atoms with Crippen molar-refractivity contribution in [2.24, 2.45) is 0 Å². The highest BCUT2D eigenvalue weighted by Gasteiger charge is 2.21. The van der Waals surface area contributed by atoms with Crippen LogP contribution < -0.4 is 4.89 Å². The molecule has 0 spiro atoms. The third-order valence-electron chi connectivity index (χ3n) is 8.85. The highest BCUT2D eigenvalue weighted by atomic mass is 31.2. The number of esters is 2. The molecule has 2 unspecified atom stereocenters. The van der Waals surface area contributed by atoms with Gasteiger partial charge in [0.15, 0.2) is 6.10 Å². The lowest BCUT2D eigenvalue weighted by atomic mass is 10.1. The van der Waals surface area contributed by atoms with E-state index in [0.717, 1.165) is 25.7 Å². The van der Waals surface area contributed by atoms with Crippen LogP contribution >= 0.6 is 7.82 Å². The number of carbonyl (C=O) groups is 2. The number of ether oxygens (including phenoxy) is 2. The summed E-state index contributed by atoms with van der Waals surface area (Å²) in [7, 11) is 1.10. The summed E-state index contributed by atoms with van der Waals surface area (Å²) in [5, 5.41) is 0. The molecule has 54 heavy (non-hydrogen) atoms. The Kier molecular flexibility index (Phi) is 35.2. The number of unbranched alkanes of at least 4 members (excludes halogenated alkanes) is 16. The fraction of sp³-hybridized carbons (Fsp3) is 0.773. The van der Waals surface area contributed by atoms with E-state index in [0.29, 0.717) is 23.9 Å². The molecule has 0 aliphatic rings. The van der Waals surface area contributed by atoms with Gasteiger partial charge in [-0.1, -0.05) is 152 Å². The first-order chi connectivity index (χ1) is 26.0. The number of hydrogen-bond donors (Lipinski definition) is 0. The maximum atomic E-state index is 12.6. The molecule has 0 rings (SSSR count). The maximum Gasteiger partial charge on any atom is 0.306 e. The molecule has 0 heterocycles. The Bertz CT molecular complexity index is 1070. The van der Waals surface area contributed by atoms with E-state index in [1.807, 2.05) is 45.4 Å². The number of likely N-dealkylation sites (N-methyl/N-ethyl adjacent to an activating group) is 1. The molecule has 2 atom stereocenters. The fourth-order valence-electron chi connectivity index (χ4n) is 5.47. The number of quaternary nitrogens is 1. The van der Waals surface area contributed by atoms with Crippen molar-refractivity contribution in [3.63, 3.8) is 0 Å². The van der Waals surface area contributed by atoms with Gasteiger partial charge in [-0.3, -0.25) is 14.2 Å². The molecule has 10 heteroatoms. The van der Waals surface area contributed by atoms with Gasteiger partial charge in [-0.05, 0) is 51.4 Å². The van der Waals surface area contributed by atoms with Crippen molar-refractivity contribution in [2.75, 3.05) is 47.5 Å². The molecule has 0 aliphatic carbocycles. The number of nitrogens with zero attached hydrogens (tertiary/aromatic N) is 1. The summed E-state index contributed by atoms with van der Waals surface area (Å²) in [6.07, 6.45) is 41.7. The largest absolute Gasteiger partial charge is 0.756 e. The molecule has 314 valence electrons. The van der Waals surface area contributed by atoms with Gasteiger partial charge in [-0.2, -0.15) is 0 Å². The molecule has 0 saturated carbocycles. The van der Waals surface area contributed by atoms with Gasteiger partial charge in [0, 0.05) is 12.8 Å². The first-order valence-electron chi connectivity index (χ1n) is 21.3. The second kappa shape index (κ2) is 36.6. The van der Waals surface area contributed by atoms with E-state index in [1.165, 1.54) is 103 Å². The zero-order valence-electron chi connectivity index (χ0n) is 35.2. The molecule has 0 radical (unpaired) electrons. The minimum atomic E-state index is -4.65. The molecule has 0 N–H and O–H groups in total. The van der Waals surface area contributed by atoms with Gasteiger partial charge < -0.3 is 27.9 Å². The number of hydrogen-bond acceptors (Lipinski definition) is 8. The van der Waals surface area contributed by atoms with Crippen molar-refractivity contribution in [1.82, 2.24) is 0 Å². The number of rotatable bonds is 38. The molecular formula is C44H80NO8P. The van der Waals surface area contributed by atoms with Gasteiger partial charge in [-0.15, -0.1) is 0 Å². The van der Waals surface area contributed by atoms with Crippen LogP contribution in [0.4, 0.5) is 0 Å². The smallest absolute Gasteiger partial charge is 0.306 e. The van der Waals surface area contributed by atoms with Crippen LogP contribution in [0.1, 0.15) is 168 Å². The Balaban J connectivity index is 4.54. The maximum absolute atomic E-state index is 12.6. The quantitative estimate of drug-likeness (QED) is 0.0200. The third kappa shape index (κ3) is 39.7. The summed E-state index contributed by atoms with van der Waals surface area (Å²) in [6.45, 7) is 4.08. The predicted octanol–water partition coefficient (Wildman–Crippen LogP) is 11.3. The summed E-state index contributed by atoms with van der Waals surface area (Å²) >= 11 is 0. The monoisotopic (exact) mass is 782 g/mol. The van der Waals surface area contributed by atoms with Crippen LogP contribution in [0.15, 0.2) is 48.6 Å². The SMILES string of the molecule is CCCCCCCCCC/C=C\C/C=C\CCC(=O)OCC(COP(=O)([O-])OCC[N+](C)(C)C)OC(=O)CC/C=C\C/C=C\CCCCCCCCCC. The summed E-state index contributed by atoms with van der Waals surface area (Å²) in [6, 6.07) is 0. The Morgan fingerprint density at radius 3 is 1.46 bits per heavy atom. The van der Waals surface area contributed by atoms with Crippen LogP contribution in [0.2, 0.25) is 0 Å². The van der Waals surface area contributed by atoms with Gasteiger partial charge in [-0.25, -0.2) is 0 Å². The van der Waals surface area contributed by atoms with E-state index in [-0.39, 0.29) is 26.1 Å². The van der Waals surface area contributed by atoms with Crippen LogP contribution in [0.5, 0.6) is 0 Å². The predicted molar refractivity (Wildman–Crippen MR) is 222 cm³/mol. The molecule has 0 bridgehead atoms. The summed E-state index contributed by atoms with van der Waals surface area (Å²) < 4.78 is 33.7. The first kappa shape index (κ1) is 52.0. The molecule has 0 fully saturated rings. The molecule has 0 aliphatic heterocycles. The van der Waals surface area contributed by atoms with Crippen molar-refractivity contribution >= 4 is 19.8 Å². The van der Waals surface area contributed by atoms with Gasteiger partial charge in [0.25, 0.3) is 7.82 Å². The van der Waals surface area contributed by atoms with Crippen molar-refractivity contribution in [3.05, 3.63) is 48.6 Å². The standard InChI is InChI=1S/C44H80NO8P/c1-6-8-10-12-14-16-18-20-22-24-26-28-30-32-34-36-43(46)50-40-42(41-52-54(48,49)51-39-38-45(3,4)5)53-44(47)37-35-33-31-29-27-25-23-21-19-17-15-13-11-9-7-2/h24-27,30-33,42H,6-23,28-29,34-41H2,1-5H3/b26-24-,27-25-,32-30-,33-31-. The lowest BCUT2D eigenvalue weighted by molar-refractivity contribution is -0.870. The zero-order valence-corrected chi connectivity index (χ0v) is 36.0. The number of phosphoric ester groups is 1. The minimum absolute atomic E-state index is 0.0486. The van der Waals surface area contributed by atoms with Gasteiger partial charge in [0.1, 0.15) is 19.8 Å². The average molecular weight is 782 g/mol. The normalized spacial score (nSPS) is 14.1. The van der Waals surface area contributed by atoms with Crippen LogP contribution in [0, 0.1) is 0 Å². The van der Waals surface area contributed by atoms with Gasteiger partial charge in [0.2, 0.25) is 0 Å². The van der Waals surface area contributed by atoms with Crippen LogP contribution in [-0.4, -0.2) is 70.0 Å². The van der Waals surface area contributed by atoms with Gasteiger partial charge in [0.05, 0.1) is 27.7 Å². The highest BCUT2D eigenvalue weighted by Crippen LogP contribution is 2.38. The van der Waals surface area contributed by atoms with Crippen molar-refractivity contribution in [2.45, 2.75) is 174 Å². The summed E-state index contributed by atoms with van der Waals surface area (Å²) in [4.78, 5) is 37.4. The number of carbonyl (C=O) groups excluding carboxylic acids is 2. The molecule has 9 nitrogen and oxygen atoms in total. The third-order valence-corrected chi connectivity index (χ3v) is 9.81. The van der Waals surface area contributed by atoms with Crippen molar-refractivity contribution in [3.8, 4) is 0 Å². The number of phosphoric acid groups is 1. The van der Waals surface area contributed by atoms with E-state index in [1.54, 1.807) is 0 Å². The Labute approximate surface area is 331 Å². The molecule has 0 amide bonds. The topological polar surface area (TPSA) is 111 Å². The first-order valence-corrected chi connectivity index (χ1v) is 22.8. The Morgan fingerprint density at radius 1 is 0.574 bits per heavy atom. The summed E-state index contributed by atoms with van der Waals surface area (Å²) in [5.74, 6) is -0.992. The fourth-order valence-corrected chi connectivity index (χ4v) is 6.19. The summed E-state index contributed by atoms with van der Waals surface area (Å²) in [5.41, 5.74) is 0. The van der Waals surface area contributed by atoms with E-state index in [9.17, 15) is 19.0 Å². The molecule has 0 aromatic heterocycles. The zero-order chi connectivity index (χ0) is 40.0. The average Bonchev–Trinajstić information content (AvgIpc) is 3.12. The van der Waals surface area contributed by atoms with Crippen molar-refractivity contribution < 1.29 is 42.1 Å². The Hall–Kier alpha value is -2.03. The van der Waals surface area contributed by atoms with Crippen molar-refractivity contribution in [1.29, 1.82) is 0 Å². The van der Waals surface area contributed by atoms with E-state index in [4.69, 9.17) is 18.5 Å². The lowest BCUT2D eigenvalue weighted by Crippen LogP contribution is -2.37. The van der Waals surface area contributed by atoms with Crippen LogP contribution in [0.25, 0.3) is 0 Å².